The van der Waals surface area contributed by atoms with Crippen LogP contribution >= 0.6 is 0 Å². The number of hydrogen-bond acceptors (Lipinski definition) is 5. The number of hydrogen-bond donors (Lipinski definition) is 2. The highest BCUT2D eigenvalue weighted by molar-refractivity contribution is 6.01. The molecule has 1 heterocycles. The van der Waals surface area contributed by atoms with Gasteiger partial charge in [0.1, 0.15) is 5.69 Å². The fourth-order valence-electron chi connectivity index (χ4n) is 4.56. The van der Waals surface area contributed by atoms with Crippen LogP contribution in [-0.4, -0.2) is 39.7 Å². The highest BCUT2D eigenvalue weighted by atomic mass is 16.6. The zero-order valence-corrected chi connectivity index (χ0v) is 18.8. The van der Waals surface area contributed by atoms with Gasteiger partial charge in [0, 0.05) is 41.7 Å². The number of nitrogens with zero attached hydrogens (tertiary/aromatic N) is 2. The SMILES string of the molecule is Cn1c(C(=O)N[C@H]2CCCC[C@H]2C(=O)NCC(=O)c2cccc([N+](=O)[O-])c2)cc2ccccc21. The molecule has 2 atom stereocenters. The third kappa shape index (κ3) is 4.83. The number of rotatable bonds is 7. The Bertz CT molecular complexity index is 1270. The summed E-state index contributed by atoms with van der Waals surface area (Å²) in [5.41, 5.74) is 1.45. The number of aromatic nitrogens is 1. The second-order valence-corrected chi connectivity index (χ2v) is 8.57. The van der Waals surface area contributed by atoms with Crippen molar-refractivity contribution in [2.45, 2.75) is 31.7 Å². The number of ketones is 1. The van der Waals surface area contributed by atoms with Crippen molar-refractivity contribution in [3.05, 3.63) is 76.0 Å². The molecule has 3 aromatic rings. The van der Waals surface area contributed by atoms with Crippen molar-refractivity contribution in [2.24, 2.45) is 13.0 Å². The van der Waals surface area contributed by atoms with Gasteiger partial charge in [0.2, 0.25) is 5.91 Å². The molecule has 2 N–H and O–H groups in total. The van der Waals surface area contributed by atoms with Gasteiger partial charge in [-0.15, -0.1) is 0 Å². The Kier molecular flexibility index (Phi) is 6.72. The Balaban J connectivity index is 1.41. The van der Waals surface area contributed by atoms with E-state index in [4.69, 9.17) is 0 Å². The van der Waals surface area contributed by atoms with Crippen molar-refractivity contribution in [3.63, 3.8) is 0 Å². The monoisotopic (exact) mass is 462 g/mol. The maximum atomic E-state index is 13.0. The lowest BCUT2D eigenvalue weighted by molar-refractivity contribution is -0.384. The summed E-state index contributed by atoms with van der Waals surface area (Å²) >= 11 is 0. The number of amides is 2. The van der Waals surface area contributed by atoms with Crippen molar-refractivity contribution >= 4 is 34.2 Å². The Hall–Kier alpha value is -4.01. The molecule has 0 saturated heterocycles. The lowest BCUT2D eigenvalue weighted by Gasteiger charge is -2.31. The van der Waals surface area contributed by atoms with Crippen LogP contribution in [0.3, 0.4) is 0 Å². The summed E-state index contributed by atoms with van der Waals surface area (Å²) in [6.45, 7) is -0.264. The van der Waals surface area contributed by atoms with Crippen LogP contribution in [0, 0.1) is 16.0 Å². The lowest BCUT2D eigenvalue weighted by atomic mass is 9.83. The van der Waals surface area contributed by atoms with Crippen LogP contribution in [0.25, 0.3) is 10.9 Å². The number of Topliss-reactive ketones (excluding diaryl/α,β-unsaturated/α-hetero) is 1. The molecule has 9 nitrogen and oxygen atoms in total. The van der Waals surface area contributed by atoms with E-state index in [1.807, 2.05) is 41.9 Å². The fourth-order valence-corrected chi connectivity index (χ4v) is 4.56. The molecule has 176 valence electrons. The first-order chi connectivity index (χ1) is 16.3. The quantitative estimate of drug-likeness (QED) is 0.317. The van der Waals surface area contributed by atoms with Crippen LogP contribution in [0.15, 0.2) is 54.6 Å². The van der Waals surface area contributed by atoms with E-state index in [0.29, 0.717) is 18.5 Å². The van der Waals surface area contributed by atoms with Crippen LogP contribution in [0.5, 0.6) is 0 Å². The third-order valence-corrected chi connectivity index (χ3v) is 6.41. The van der Waals surface area contributed by atoms with E-state index in [2.05, 4.69) is 10.6 Å². The molecule has 9 heteroatoms. The summed E-state index contributed by atoms with van der Waals surface area (Å²) in [5.74, 6) is -1.41. The van der Waals surface area contributed by atoms with Crippen molar-refractivity contribution in [1.82, 2.24) is 15.2 Å². The van der Waals surface area contributed by atoms with Crippen molar-refractivity contribution in [2.75, 3.05) is 6.54 Å². The van der Waals surface area contributed by atoms with Gasteiger partial charge in [0.05, 0.1) is 17.4 Å². The molecule has 1 saturated carbocycles. The van der Waals surface area contributed by atoms with Crippen molar-refractivity contribution < 1.29 is 19.3 Å². The molecule has 1 aromatic heterocycles. The summed E-state index contributed by atoms with van der Waals surface area (Å²) in [5, 5.41) is 17.6. The van der Waals surface area contributed by atoms with E-state index in [1.165, 1.54) is 24.3 Å². The molecule has 1 aliphatic rings. The highest BCUT2D eigenvalue weighted by Gasteiger charge is 2.33. The van der Waals surface area contributed by atoms with Crippen LogP contribution in [0.4, 0.5) is 5.69 Å². The number of para-hydroxylation sites is 1. The number of carbonyl (C=O) groups is 3. The number of nitrogens with one attached hydrogen (secondary N) is 2. The maximum Gasteiger partial charge on any atom is 0.270 e. The summed E-state index contributed by atoms with van der Waals surface area (Å²) in [4.78, 5) is 48.8. The van der Waals surface area contributed by atoms with Gasteiger partial charge in [-0.2, -0.15) is 0 Å². The Morgan fingerprint density at radius 3 is 2.59 bits per heavy atom. The number of nitro groups is 1. The Morgan fingerprint density at radius 2 is 1.82 bits per heavy atom. The van der Waals surface area contributed by atoms with Gasteiger partial charge in [-0.3, -0.25) is 24.5 Å². The standard InChI is InChI=1S/C25H26N4O5/c1-28-21-12-5-2-7-16(21)14-22(28)25(32)27-20-11-4-3-10-19(20)24(31)26-15-23(30)17-8-6-9-18(13-17)29(33)34/h2,5-9,12-14,19-20H,3-4,10-11,15H2,1H3,(H,26,31)(H,27,32)/t19-,20+/m1/s1. The minimum Gasteiger partial charge on any atom is -0.348 e. The molecule has 0 unspecified atom stereocenters. The molecule has 0 spiro atoms. The first-order valence-electron chi connectivity index (χ1n) is 11.3. The van der Waals surface area contributed by atoms with Crippen LogP contribution in [-0.2, 0) is 11.8 Å². The molecule has 0 radical (unpaired) electrons. The van der Waals surface area contributed by atoms with Crippen LogP contribution in [0.2, 0.25) is 0 Å². The van der Waals surface area contributed by atoms with Crippen molar-refractivity contribution in [1.29, 1.82) is 0 Å². The third-order valence-electron chi connectivity index (χ3n) is 6.41. The van der Waals surface area contributed by atoms with Gasteiger partial charge in [0.15, 0.2) is 5.78 Å². The fraction of sp³-hybridized carbons (Fsp3) is 0.320. The Morgan fingerprint density at radius 1 is 1.06 bits per heavy atom. The van der Waals surface area contributed by atoms with Gasteiger partial charge < -0.3 is 15.2 Å². The number of non-ortho nitro benzene ring substituents is 1. The average Bonchev–Trinajstić information content (AvgIpc) is 3.19. The molecule has 4 rings (SSSR count). The van der Waals surface area contributed by atoms with E-state index in [1.54, 1.807) is 0 Å². The average molecular weight is 463 g/mol. The van der Waals surface area contributed by atoms with E-state index < -0.39 is 16.6 Å². The second kappa shape index (κ2) is 9.86. The van der Waals surface area contributed by atoms with Gasteiger partial charge in [-0.05, 0) is 25.0 Å². The summed E-state index contributed by atoms with van der Waals surface area (Å²) in [7, 11) is 1.84. The molecule has 1 fully saturated rings. The van der Waals surface area contributed by atoms with Gasteiger partial charge in [0.25, 0.3) is 11.6 Å². The summed E-state index contributed by atoms with van der Waals surface area (Å²) in [6, 6.07) is 14.6. The van der Waals surface area contributed by atoms with E-state index in [-0.39, 0.29) is 35.7 Å². The smallest absolute Gasteiger partial charge is 0.270 e. The van der Waals surface area contributed by atoms with Crippen LogP contribution < -0.4 is 10.6 Å². The first-order valence-corrected chi connectivity index (χ1v) is 11.3. The predicted molar refractivity (Wildman–Crippen MR) is 127 cm³/mol. The number of carbonyl (C=O) groups excluding carboxylic acids is 3. The predicted octanol–water partition coefficient (Wildman–Crippen LogP) is 3.37. The number of nitro benzene ring substituents is 1. The second-order valence-electron chi connectivity index (χ2n) is 8.57. The number of aryl methyl sites for hydroxylation is 1. The lowest BCUT2D eigenvalue weighted by Crippen LogP contribution is -2.49. The molecule has 1 aliphatic carbocycles. The molecule has 0 bridgehead atoms. The molecule has 0 aliphatic heterocycles. The number of fused-ring (bicyclic) bond motifs is 1. The molecular weight excluding hydrogens is 436 g/mol. The minimum absolute atomic E-state index is 0.166. The van der Waals surface area contributed by atoms with Gasteiger partial charge >= 0.3 is 0 Å². The Labute approximate surface area is 196 Å². The molecular formula is C25H26N4O5. The number of benzene rings is 2. The molecule has 2 amide bonds. The van der Waals surface area contributed by atoms with Gasteiger partial charge in [-0.1, -0.05) is 43.2 Å². The van der Waals surface area contributed by atoms with E-state index in [9.17, 15) is 24.5 Å². The van der Waals surface area contributed by atoms with Crippen molar-refractivity contribution in [3.8, 4) is 0 Å². The minimum atomic E-state index is -0.569. The van der Waals surface area contributed by atoms with E-state index >= 15 is 0 Å². The normalized spacial score (nSPS) is 17.8. The zero-order chi connectivity index (χ0) is 24.2. The van der Waals surface area contributed by atoms with E-state index in [0.717, 1.165) is 23.7 Å². The zero-order valence-electron chi connectivity index (χ0n) is 18.8. The van der Waals surface area contributed by atoms with Crippen LogP contribution in [0.1, 0.15) is 46.5 Å². The highest BCUT2D eigenvalue weighted by Crippen LogP contribution is 2.26. The summed E-state index contributed by atoms with van der Waals surface area (Å²) < 4.78 is 1.83. The summed E-state index contributed by atoms with van der Waals surface area (Å²) in [6.07, 6.45) is 3.04. The van der Waals surface area contributed by atoms with Gasteiger partial charge in [-0.25, -0.2) is 0 Å². The largest absolute Gasteiger partial charge is 0.348 e. The first kappa shape index (κ1) is 23.2. The maximum absolute atomic E-state index is 13.0. The molecule has 34 heavy (non-hydrogen) atoms. The molecule has 2 aromatic carbocycles. The topological polar surface area (TPSA) is 123 Å².